The third-order valence-electron chi connectivity index (χ3n) is 3.86. The van der Waals surface area contributed by atoms with Gasteiger partial charge in [-0.1, -0.05) is 23.2 Å². The number of amides is 1. The van der Waals surface area contributed by atoms with Crippen LogP contribution in [0, 0.1) is 11.3 Å². The average Bonchev–Trinajstić information content (AvgIpc) is 2.64. The number of nitrogens with one attached hydrogen (secondary N) is 1. The van der Waals surface area contributed by atoms with Crippen LogP contribution in [0.4, 0.5) is 0 Å². The quantitative estimate of drug-likeness (QED) is 0.915. The van der Waals surface area contributed by atoms with E-state index in [1.807, 2.05) is 17.7 Å². The smallest absolute Gasteiger partial charge is 0.224 e. The Bertz CT molecular complexity index is 821. The van der Waals surface area contributed by atoms with Gasteiger partial charge in [-0.3, -0.25) is 4.79 Å². The van der Waals surface area contributed by atoms with Crippen LogP contribution in [-0.2, 0) is 24.7 Å². The molecule has 1 N–H and O–H groups in total. The summed E-state index contributed by atoms with van der Waals surface area (Å²) in [5, 5.41) is 13.2. The number of carbonyl (C=O) groups excluding carboxylic acids is 1. The molecular formula is C15H13Cl2N3O2. The van der Waals surface area contributed by atoms with Crippen LogP contribution in [0.25, 0.3) is 10.9 Å². The van der Waals surface area contributed by atoms with Gasteiger partial charge in [-0.05, 0) is 5.56 Å². The number of ether oxygens (including phenoxy) is 1. The molecule has 0 spiro atoms. The van der Waals surface area contributed by atoms with Gasteiger partial charge >= 0.3 is 0 Å². The van der Waals surface area contributed by atoms with E-state index in [-0.39, 0.29) is 18.9 Å². The van der Waals surface area contributed by atoms with E-state index in [0.717, 1.165) is 22.2 Å². The van der Waals surface area contributed by atoms with Crippen molar-refractivity contribution in [3.05, 3.63) is 27.4 Å². The predicted molar refractivity (Wildman–Crippen MR) is 84.5 cm³/mol. The first kappa shape index (κ1) is 15.0. The van der Waals surface area contributed by atoms with E-state index in [0.29, 0.717) is 28.8 Å². The summed E-state index contributed by atoms with van der Waals surface area (Å²) in [7, 11) is 1.90. The summed E-state index contributed by atoms with van der Waals surface area (Å²) < 4.78 is 7.47. The van der Waals surface area contributed by atoms with Gasteiger partial charge in [0.25, 0.3) is 0 Å². The lowest BCUT2D eigenvalue weighted by atomic mass is 10.1. The van der Waals surface area contributed by atoms with Crippen molar-refractivity contribution in [1.29, 1.82) is 5.26 Å². The molecule has 7 heteroatoms. The maximum Gasteiger partial charge on any atom is 0.224 e. The van der Waals surface area contributed by atoms with Crippen molar-refractivity contribution in [2.75, 3.05) is 13.2 Å². The minimum Gasteiger partial charge on any atom is -0.478 e. The Hall–Kier alpha value is -1.90. The van der Waals surface area contributed by atoms with Gasteiger partial charge in [0.2, 0.25) is 5.91 Å². The van der Waals surface area contributed by atoms with Gasteiger partial charge in [0.15, 0.2) is 6.61 Å². The highest BCUT2D eigenvalue weighted by Gasteiger charge is 2.25. The van der Waals surface area contributed by atoms with Gasteiger partial charge in [0.05, 0.1) is 22.0 Å². The Morgan fingerprint density at radius 2 is 2.27 bits per heavy atom. The fourth-order valence-corrected chi connectivity index (χ4v) is 3.42. The SMILES string of the molecule is Cn1c2c(c3c(OCC#N)cc(Cl)c(Cl)c31)CC(=O)NCC2. The predicted octanol–water partition coefficient (Wildman–Crippen LogP) is 2.60. The number of carbonyl (C=O) groups is 1. The summed E-state index contributed by atoms with van der Waals surface area (Å²) in [6.45, 7) is 0.485. The Morgan fingerprint density at radius 1 is 1.50 bits per heavy atom. The molecule has 0 radical (unpaired) electrons. The second-order valence-corrected chi connectivity index (χ2v) is 5.89. The first-order chi connectivity index (χ1) is 10.5. The van der Waals surface area contributed by atoms with Crippen LogP contribution >= 0.6 is 23.2 Å². The van der Waals surface area contributed by atoms with E-state index >= 15 is 0 Å². The van der Waals surface area contributed by atoms with Crippen LogP contribution in [0.5, 0.6) is 5.75 Å². The van der Waals surface area contributed by atoms with Crippen LogP contribution in [0.2, 0.25) is 10.0 Å². The molecule has 0 unspecified atom stereocenters. The minimum absolute atomic E-state index is 0.0384. The van der Waals surface area contributed by atoms with Gasteiger partial charge < -0.3 is 14.6 Å². The Balaban J connectivity index is 2.34. The molecule has 1 aliphatic rings. The first-order valence-corrected chi connectivity index (χ1v) is 7.54. The van der Waals surface area contributed by atoms with Crippen molar-refractivity contribution in [1.82, 2.24) is 9.88 Å². The number of nitriles is 1. The minimum atomic E-state index is -0.0943. The topological polar surface area (TPSA) is 67.0 Å². The lowest BCUT2D eigenvalue weighted by molar-refractivity contribution is -0.120. The van der Waals surface area contributed by atoms with Crippen molar-refractivity contribution >= 4 is 40.0 Å². The Labute approximate surface area is 137 Å². The number of halogens is 2. The Morgan fingerprint density at radius 3 is 3.00 bits per heavy atom. The van der Waals surface area contributed by atoms with Gasteiger partial charge in [-0.2, -0.15) is 5.26 Å². The molecule has 114 valence electrons. The van der Waals surface area contributed by atoms with E-state index in [9.17, 15) is 4.79 Å². The van der Waals surface area contributed by atoms with E-state index in [4.69, 9.17) is 33.2 Å². The van der Waals surface area contributed by atoms with Crippen LogP contribution in [0.3, 0.4) is 0 Å². The number of nitrogens with zero attached hydrogens (tertiary/aromatic N) is 2. The average molecular weight is 338 g/mol. The summed E-state index contributed by atoms with van der Waals surface area (Å²) >= 11 is 12.5. The number of benzene rings is 1. The van der Waals surface area contributed by atoms with E-state index in [1.54, 1.807) is 6.07 Å². The van der Waals surface area contributed by atoms with Crippen LogP contribution in [0.15, 0.2) is 6.07 Å². The summed E-state index contributed by atoms with van der Waals surface area (Å²) in [6.07, 6.45) is 0.964. The zero-order valence-corrected chi connectivity index (χ0v) is 13.4. The second kappa shape index (κ2) is 5.71. The molecule has 0 bridgehead atoms. The van der Waals surface area contributed by atoms with Crippen molar-refractivity contribution < 1.29 is 9.53 Å². The molecule has 1 amide bonds. The van der Waals surface area contributed by atoms with Crippen molar-refractivity contribution in [2.24, 2.45) is 7.05 Å². The largest absolute Gasteiger partial charge is 0.478 e. The van der Waals surface area contributed by atoms with Gasteiger partial charge in [-0.25, -0.2) is 0 Å². The highest BCUT2D eigenvalue weighted by Crippen LogP contribution is 2.42. The Kier molecular flexibility index (Phi) is 3.90. The summed E-state index contributed by atoms with van der Waals surface area (Å²) in [4.78, 5) is 11.9. The van der Waals surface area contributed by atoms with Gasteiger partial charge in [0.1, 0.15) is 11.8 Å². The van der Waals surface area contributed by atoms with Crippen LogP contribution < -0.4 is 10.1 Å². The zero-order chi connectivity index (χ0) is 15.9. The monoisotopic (exact) mass is 337 g/mol. The van der Waals surface area contributed by atoms with Crippen molar-refractivity contribution in [3.8, 4) is 11.8 Å². The molecule has 22 heavy (non-hydrogen) atoms. The molecule has 0 atom stereocenters. The highest BCUT2D eigenvalue weighted by molar-refractivity contribution is 6.45. The number of fused-ring (bicyclic) bond motifs is 3. The van der Waals surface area contributed by atoms with Gasteiger partial charge in [-0.15, -0.1) is 0 Å². The number of hydrogen-bond donors (Lipinski definition) is 1. The maximum absolute atomic E-state index is 11.9. The molecule has 0 saturated heterocycles. The standard InChI is InChI=1S/C15H13Cl2N3O2/c1-20-10-2-4-19-12(21)6-8(10)13-11(22-5-3-18)7-9(16)14(17)15(13)20/h7H,2,4-6H2,1H3,(H,19,21). The molecule has 2 aromatic rings. The zero-order valence-electron chi connectivity index (χ0n) is 11.9. The molecular weight excluding hydrogens is 325 g/mol. The second-order valence-electron chi connectivity index (χ2n) is 5.10. The van der Waals surface area contributed by atoms with E-state index in [1.165, 1.54) is 0 Å². The van der Waals surface area contributed by atoms with E-state index < -0.39 is 0 Å². The fourth-order valence-electron chi connectivity index (χ4n) is 2.95. The first-order valence-electron chi connectivity index (χ1n) is 6.79. The molecule has 1 aliphatic heterocycles. The molecule has 3 rings (SSSR count). The number of aromatic nitrogens is 1. The third-order valence-corrected chi connectivity index (χ3v) is 4.64. The number of hydrogen-bond acceptors (Lipinski definition) is 3. The van der Waals surface area contributed by atoms with Crippen molar-refractivity contribution in [2.45, 2.75) is 12.8 Å². The molecule has 0 saturated carbocycles. The molecule has 1 aromatic carbocycles. The maximum atomic E-state index is 11.9. The highest BCUT2D eigenvalue weighted by atomic mass is 35.5. The lowest BCUT2D eigenvalue weighted by Gasteiger charge is -2.09. The molecule has 1 aromatic heterocycles. The number of rotatable bonds is 2. The normalized spacial score (nSPS) is 14.2. The molecule has 0 fully saturated rings. The summed E-state index contributed by atoms with van der Waals surface area (Å²) in [5.74, 6) is 0.445. The van der Waals surface area contributed by atoms with Crippen LogP contribution in [0.1, 0.15) is 11.3 Å². The molecule has 2 heterocycles. The molecule has 5 nitrogen and oxygen atoms in total. The summed E-state index contributed by atoms with van der Waals surface area (Å²) in [5.41, 5.74) is 2.65. The lowest BCUT2D eigenvalue weighted by Crippen LogP contribution is -2.24. The van der Waals surface area contributed by atoms with E-state index in [2.05, 4.69) is 5.32 Å². The third kappa shape index (κ3) is 2.29. The number of aryl methyl sites for hydroxylation is 1. The van der Waals surface area contributed by atoms with Gasteiger partial charge in [0, 0.05) is 37.2 Å². The van der Waals surface area contributed by atoms with Crippen molar-refractivity contribution in [3.63, 3.8) is 0 Å². The summed E-state index contributed by atoms with van der Waals surface area (Å²) in [6, 6.07) is 3.54. The molecule has 0 aliphatic carbocycles. The fraction of sp³-hybridized carbons (Fsp3) is 0.333. The van der Waals surface area contributed by atoms with Crippen LogP contribution in [-0.4, -0.2) is 23.6 Å².